The topological polar surface area (TPSA) is 122 Å². The normalized spacial score (nSPS) is 11.3. The number of hydrogen-bond acceptors (Lipinski definition) is 6. The summed E-state index contributed by atoms with van der Waals surface area (Å²) in [6.07, 6.45) is 0.613. The number of carbonyl (C=O) groups is 1. The summed E-state index contributed by atoms with van der Waals surface area (Å²) in [5.41, 5.74) is 2.38. The average molecular weight is 327 g/mol. The van der Waals surface area contributed by atoms with Crippen LogP contribution in [0, 0.1) is 0 Å². The van der Waals surface area contributed by atoms with Crippen LogP contribution in [0.5, 0.6) is 0 Å². The molecule has 0 spiro atoms. The largest absolute Gasteiger partial charge is 0.476 e. The first-order valence-corrected chi connectivity index (χ1v) is 8.33. The Morgan fingerprint density at radius 3 is 2.57 bits per heavy atom. The molecule has 0 amide bonds. The highest BCUT2D eigenvalue weighted by Crippen LogP contribution is 2.20. The fraction of sp³-hybridized carbons (Fsp3) is 0.167. The quantitative estimate of drug-likeness (QED) is 0.731. The zero-order chi connectivity index (χ0) is 15.5. The predicted molar refractivity (Wildman–Crippen MR) is 79.1 cm³/mol. The van der Waals surface area contributed by atoms with E-state index in [2.05, 4.69) is 10.3 Å². The van der Waals surface area contributed by atoms with Gasteiger partial charge in [-0.2, -0.15) is 0 Å². The number of nitrogens with zero attached hydrogens (tertiary/aromatic N) is 1. The van der Waals surface area contributed by atoms with Crippen LogP contribution < -0.4 is 10.5 Å². The zero-order valence-electron chi connectivity index (χ0n) is 10.8. The first kappa shape index (κ1) is 15.4. The number of nitrogens with one attached hydrogen (secondary N) is 1. The molecule has 9 heteroatoms. The Bertz CT molecular complexity index is 738. The molecule has 1 heterocycles. The maximum atomic E-state index is 11.1. The Kier molecular flexibility index (Phi) is 4.56. The summed E-state index contributed by atoms with van der Waals surface area (Å²) >= 11 is 1.22. The van der Waals surface area contributed by atoms with Crippen molar-refractivity contribution < 1.29 is 18.3 Å². The molecule has 1 aromatic heterocycles. The van der Waals surface area contributed by atoms with E-state index in [1.807, 2.05) is 0 Å². The van der Waals surface area contributed by atoms with Gasteiger partial charge in [-0.3, -0.25) is 0 Å². The van der Waals surface area contributed by atoms with E-state index in [0.717, 1.165) is 5.56 Å². The molecular formula is C12H13N3O4S2. The highest BCUT2D eigenvalue weighted by atomic mass is 32.2. The summed E-state index contributed by atoms with van der Waals surface area (Å²) in [5, 5.41) is 17.4. The molecule has 0 bridgehead atoms. The van der Waals surface area contributed by atoms with E-state index >= 15 is 0 Å². The molecule has 0 radical (unpaired) electrons. The number of benzene rings is 1. The minimum absolute atomic E-state index is 0.00423. The van der Waals surface area contributed by atoms with Gasteiger partial charge < -0.3 is 10.4 Å². The molecule has 2 rings (SSSR count). The van der Waals surface area contributed by atoms with Crippen LogP contribution >= 0.6 is 11.3 Å². The predicted octanol–water partition coefficient (Wildman–Crippen LogP) is 1.14. The first-order valence-electron chi connectivity index (χ1n) is 5.90. The van der Waals surface area contributed by atoms with Crippen LogP contribution in [0.3, 0.4) is 0 Å². The molecule has 0 fully saturated rings. The molecule has 0 saturated carbocycles. The van der Waals surface area contributed by atoms with Gasteiger partial charge in [0.25, 0.3) is 0 Å². The Morgan fingerprint density at radius 1 is 1.33 bits per heavy atom. The van der Waals surface area contributed by atoms with E-state index in [9.17, 15) is 13.2 Å². The number of primary sulfonamides is 1. The lowest BCUT2D eigenvalue weighted by atomic mass is 10.1. The molecule has 0 aliphatic heterocycles. The number of aromatic nitrogens is 1. The highest BCUT2D eigenvalue weighted by molar-refractivity contribution is 7.89. The molecule has 0 aliphatic carbocycles. The lowest BCUT2D eigenvalue weighted by molar-refractivity contribution is 0.0692. The first-order chi connectivity index (χ1) is 9.88. The number of sulfonamides is 1. The minimum atomic E-state index is -3.68. The number of carboxylic acid groups (broad SMARTS) is 1. The van der Waals surface area contributed by atoms with Crippen molar-refractivity contribution >= 4 is 32.3 Å². The summed E-state index contributed by atoms with van der Waals surface area (Å²) in [5.74, 6) is -1.07. The molecule has 1 aromatic carbocycles. The molecule has 21 heavy (non-hydrogen) atoms. The SMILES string of the molecule is NS(=O)(=O)c1ccc(CCNc2scnc2C(=O)O)cc1. The van der Waals surface area contributed by atoms with Crippen LogP contribution in [0.25, 0.3) is 0 Å². The number of aromatic carboxylic acids is 1. The van der Waals surface area contributed by atoms with E-state index in [4.69, 9.17) is 10.2 Å². The molecular weight excluding hydrogens is 314 g/mol. The number of thiazole rings is 1. The van der Waals surface area contributed by atoms with Crippen LogP contribution in [0.1, 0.15) is 16.1 Å². The summed E-state index contributed by atoms with van der Waals surface area (Å²) in [7, 11) is -3.68. The third-order valence-electron chi connectivity index (χ3n) is 2.72. The maximum Gasteiger partial charge on any atom is 0.357 e. The molecule has 2 aromatic rings. The van der Waals surface area contributed by atoms with Crippen molar-refractivity contribution in [3.05, 3.63) is 41.0 Å². The van der Waals surface area contributed by atoms with Crippen molar-refractivity contribution in [1.29, 1.82) is 0 Å². The lowest BCUT2D eigenvalue weighted by Crippen LogP contribution is -2.12. The Morgan fingerprint density at radius 2 is 2.00 bits per heavy atom. The Hall–Kier alpha value is -1.97. The molecule has 4 N–H and O–H groups in total. The lowest BCUT2D eigenvalue weighted by Gasteiger charge is -2.05. The molecule has 0 unspecified atom stereocenters. The van der Waals surface area contributed by atoms with Gasteiger partial charge in [-0.1, -0.05) is 12.1 Å². The van der Waals surface area contributed by atoms with Gasteiger partial charge in [0.05, 0.1) is 10.4 Å². The van der Waals surface area contributed by atoms with Gasteiger partial charge in [-0.25, -0.2) is 23.3 Å². The van der Waals surface area contributed by atoms with E-state index in [1.165, 1.54) is 29.0 Å². The van der Waals surface area contributed by atoms with Gasteiger partial charge in [0.1, 0.15) is 5.00 Å². The van der Waals surface area contributed by atoms with Gasteiger partial charge in [-0.15, -0.1) is 11.3 Å². The summed E-state index contributed by atoms with van der Waals surface area (Å²) < 4.78 is 22.2. The van der Waals surface area contributed by atoms with E-state index < -0.39 is 16.0 Å². The third-order valence-corrected chi connectivity index (χ3v) is 4.43. The Labute approximate surface area is 125 Å². The van der Waals surface area contributed by atoms with Gasteiger partial charge in [0.2, 0.25) is 10.0 Å². The van der Waals surface area contributed by atoms with Crippen LogP contribution in [-0.4, -0.2) is 31.0 Å². The van der Waals surface area contributed by atoms with Crippen LogP contribution in [0.2, 0.25) is 0 Å². The maximum absolute atomic E-state index is 11.1. The van der Waals surface area contributed by atoms with Crippen LogP contribution in [0.4, 0.5) is 5.00 Å². The number of anilines is 1. The number of carboxylic acids is 1. The smallest absolute Gasteiger partial charge is 0.357 e. The van der Waals surface area contributed by atoms with E-state index in [0.29, 0.717) is 18.0 Å². The van der Waals surface area contributed by atoms with Gasteiger partial charge in [-0.05, 0) is 24.1 Å². The Balaban J connectivity index is 1.95. The van der Waals surface area contributed by atoms with Crippen molar-refractivity contribution in [2.75, 3.05) is 11.9 Å². The summed E-state index contributed by atoms with van der Waals surface area (Å²) in [4.78, 5) is 14.7. The van der Waals surface area contributed by atoms with Gasteiger partial charge in [0.15, 0.2) is 5.69 Å². The fourth-order valence-corrected chi connectivity index (χ4v) is 2.91. The molecule has 0 saturated heterocycles. The molecule has 0 atom stereocenters. The molecule has 112 valence electrons. The highest BCUT2D eigenvalue weighted by Gasteiger charge is 2.12. The van der Waals surface area contributed by atoms with Crippen molar-refractivity contribution in [3.8, 4) is 0 Å². The monoisotopic (exact) mass is 327 g/mol. The number of nitrogens with two attached hydrogens (primary N) is 1. The average Bonchev–Trinajstić information content (AvgIpc) is 2.87. The molecule has 7 nitrogen and oxygen atoms in total. The number of rotatable bonds is 6. The van der Waals surface area contributed by atoms with Crippen molar-refractivity contribution in [2.45, 2.75) is 11.3 Å². The summed E-state index contributed by atoms with van der Waals surface area (Å²) in [6, 6.07) is 6.23. The second kappa shape index (κ2) is 6.20. The van der Waals surface area contributed by atoms with Crippen LogP contribution in [-0.2, 0) is 16.4 Å². The number of hydrogen-bond donors (Lipinski definition) is 3. The van der Waals surface area contributed by atoms with Crippen molar-refractivity contribution in [1.82, 2.24) is 4.98 Å². The fourth-order valence-electron chi connectivity index (χ4n) is 1.69. The van der Waals surface area contributed by atoms with Crippen LogP contribution in [0.15, 0.2) is 34.7 Å². The van der Waals surface area contributed by atoms with Gasteiger partial charge >= 0.3 is 5.97 Å². The second-order valence-corrected chi connectivity index (χ2v) is 6.62. The molecule has 0 aliphatic rings. The van der Waals surface area contributed by atoms with E-state index in [1.54, 1.807) is 12.1 Å². The third kappa shape index (κ3) is 4.00. The zero-order valence-corrected chi connectivity index (χ0v) is 12.4. The van der Waals surface area contributed by atoms with Crippen molar-refractivity contribution in [2.24, 2.45) is 5.14 Å². The standard InChI is InChI=1S/C12H13N3O4S2/c13-21(18,19)9-3-1-8(2-4-9)5-6-14-11-10(12(16)17)15-7-20-11/h1-4,7,14H,5-6H2,(H,16,17)(H2,13,18,19). The van der Waals surface area contributed by atoms with E-state index in [-0.39, 0.29) is 10.6 Å². The van der Waals surface area contributed by atoms with Gasteiger partial charge in [0, 0.05) is 6.54 Å². The summed E-state index contributed by atoms with van der Waals surface area (Å²) in [6.45, 7) is 0.511. The van der Waals surface area contributed by atoms with Crippen molar-refractivity contribution in [3.63, 3.8) is 0 Å². The minimum Gasteiger partial charge on any atom is -0.476 e. The second-order valence-electron chi connectivity index (χ2n) is 4.20.